The number of methoxy groups -OCH3 is 1. The first kappa shape index (κ1) is 25.3. The summed E-state index contributed by atoms with van der Waals surface area (Å²) in [6.07, 6.45) is 1.55. The van der Waals surface area contributed by atoms with Crippen molar-refractivity contribution < 1.29 is 33.8 Å². The van der Waals surface area contributed by atoms with E-state index in [4.69, 9.17) is 14.6 Å². The number of ether oxygens (including phenoxy) is 2. The Hall–Kier alpha value is -2.33. The quantitative estimate of drug-likeness (QED) is 0.314. The van der Waals surface area contributed by atoms with Crippen LogP contribution in [-0.4, -0.2) is 53.3 Å². The van der Waals surface area contributed by atoms with Crippen LogP contribution in [0.25, 0.3) is 6.08 Å². The lowest BCUT2D eigenvalue weighted by molar-refractivity contribution is -0.139. The molecule has 1 heterocycles. The van der Waals surface area contributed by atoms with Crippen molar-refractivity contribution in [3.05, 3.63) is 54.0 Å². The van der Waals surface area contributed by atoms with Crippen molar-refractivity contribution in [2.45, 2.75) is 0 Å². The number of imide groups is 1. The molecule has 0 radical (unpaired) electrons. The summed E-state index contributed by atoms with van der Waals surface area (Å²) in [6.45, 7) is -0.881. The lowest BCUT2D eigenvalue weighted by Gasteiger charge is -2.12. The van der Waals surface area contributed by atoms with Crippen LogP contribution in [0.15, 0.2) is 41.3 Å². The summed E-state index contributed by atoms with van der Waals surface area (Å²) >= 11 is 4.76. The van der Waals surface area contributed by atoms with Gasteiger partial charge in [-0.3, -0.25) is 19.3 Å². The van der Waals surface area contributed by atoms with Gasteiger partial charge in [-0.25, -0.2) is 4.79 Å². The van der Waals surface area contributed by atoms with Gasteiger partial charge < -0.3 is 19.9 Å². The van der Waals surface area contributed by atoms with Crippen molar-refractivity contribution in [2.75, 3.05) is 25.6 Å². The van der Waals surface area contributed by atoms with E-state index in [0.29, 0.717) is 29.9 Å². The molecular formula is C21H16I2N2O7S. The van der Waals surface area contributed by atoms with E-state index >= 15 is 0 Å². The molecule has 9 nitrogen and oxygen atoms in total. The smallest absolute Gasteiger partial charge is 0.341 e. The Morgan fingerprint density at radius 1 is 1.15 bits per heavy atom. The molecule has 1 aliphatic rings. The predicted octanol–water partition coefficient (Wildman–Crippen LogP) is 4.04. The van der Waals surface area contributed by atoms with Gasteiger partial charge in [0.1, 0.15) is 18.0 Å². The van der Waals surface area contributed by atoms with Gasteiger partial charge in [-0.15, -0.1) is 0 Å². The van der Waals surface area contributed by atoms with Gasteiger partial charge in [0.2, 0.25) is 5.91 Å². The third kappa shape index (κ3) is 6.60. The highest BCUT2D eigenvalue weighted by Gasteiger charge is 2.36. The van der Waals surface area contributed by atoms with Gasteiger partial charge in [-0.2, -0.15) is 0 Å². The first-order chi connectivity index (χ1) is 15.7. The third-order valence-corrected chi connectivity index (χ3v) is 6.72. The molecule has 1 fully saturated rings. The van der Waals surface area contributed by atoms with Crippen molar-refractivity contribution in [1.82, 2.24) is 4.90 Å². The highest BCUT2D eigenvalue weighted by Crippen LogP contribution is 2.34. The lowest BCUT2D eigenvalue weighted by Crippen LogP contribution is -2.36. The van der Waals surface area contributed by atoms with Crippen molar-refractivity contribution >= 4 is 91.7 Å². The molecule has 172 valence electrons. The second kappa shape index (κ2) is 11.2. The molecular weight excluding hydrogens is 678 g/mol. The SMILES string of the molecule is COc1ccc(NC(=O)CN2C(=O)S/C(=C/c3cc(I)c(OCC(=O)O)c(I)c3)C2=O)cc1. The Bertz CT molecular complexity index is 1130. The molecule has 12 heteroatoms. The number of anilines is 1. The number of carbonyl (C=O) groups is 4. The molecule has 0 spiro atoms. The summed E-state index contributed by atoms with van der Waals surface area (Å²) in [5.74, 6) is -1.09. The minimum absolute atomic E-state index is 0.183. The number of hydrogen-bond donors (Lipinski definition) is 2. The van der Waals surface area contributed by atoms with Crippen LogP contribution in [0, 0.1) is 7.14 Å². The highest BCUT2D eigenvalue weighted by atomic mass is 127. The third-order valence-electron chi connectivity index (χ3n) is 4.21. The molecule has 2 N–H and O–H groups in total. The summed E-state index contributed by atoms with van der Waals surface area (Å²) in [5, 5.41) is 10.9. The molecule has 33 heavy (non-hydrogen) atoms. The standard InChI is InChI=1S/C21H16I2N2O7S/c1-31-13-4-2-12(3-5-13)24-17(26)9-25-20(29)16(33-21(25)30)8-11-6-14(22)19(15(23)7-11)32-10-18(27)28/h2-8H,9-10H2,1H3,(H,24,26)(H,27,28)/b16-8+. The minimum atomic E-state index is -1.09. The number of carbonyl (C=O) groups excluding carboxylic acids is 3. The Morgan fingerprint density at radius 2 is 1.79 bits per heavy atom. The zero-order valence-electron chi connectivity index (χ0n) is 17.0. The normalized spacial score (nSPS) is 14.5. The maximum Gasteiger partial charge on any atom is 0.341 e. The van der Waals surface area contributed by atoms with E-state index < -0.39 is 36.2 Å². The summed E-state index contributed by atoms with van der Waals surface area (Å²) < 4.78 is 11.7. The second-order valence-corrected chi connectivity index (χ2v) is 9.86. The largest absolute Gasteiger partial charge is 0.497 e. The van der Waals surface area contributed by atoms with Gasteiger partial charge in [-0.1, -0.05) is 0 Å². The zero-order chi connectivity index (χ0) is 24.1. The fourth-order valence-corrected chi connectivity index (χ4v) is 5.71. The van der Waals surface area contributed by atoms with Crippen LogP contribution in [0.4, 0.5) is 10.5 Å². The van der Waals surface area contributed by atoms with E-state index in [0.717, 1.165) is 16.7 Å². The minimum Gasteiger partial charge on any atom is -0.497 e. The van der Waals surface area contributed by atoms with E-state index in [-0.39, 0.29) is 4.91 Å². The van der Waals surface area contributed by atoms with Crippen molar-refractivity contribution in [3.63, 3.8) is 0 Å². The Kier molecular flexibility index (Phi) is 8.58. The van der Waals surface area contributed by atoms with Crippen LogP contribution < -0.4 is 14.8 Å². The van der Waals surface area contributed by atoms with Gasteiger partial charge >= 0.3 is 5.97 Å². The van der Waals surface area contributed by atoms with Crippen molar-refractivity contribution in [1.29, 1.82) is 0 Å². The lowest BCUT2D eigenvalue weighted by atomic mass is 10.2. The molecule has 3 rings (SSSR count). The van der Waals surface area contributed by atoms with Crippen LogP contribution >= 0.6 is 56.9 Å². The number of carboxylic acid groups (broad SMARTS) is 1. The first-order valence-corrected chi connectivity index (χ1v) is 12.2. The fraction of sp³-hybridized carbons (Fsp3) is 0.143. The van der Waals surface area contributed by atoms with Gasteiger partial charge in [-0.05, 0) is 105 Å². The number of halogens is 2. The Labute approximate surface area is 220 Å². The van der Waals surface area contributed by atoms with E-state index in [1.165, 1.54) is 7.11 Å². The number of amides is 3. The highest BCUT2D eigenvalue weighted by molar-refractivity contribution is 14.1. The molecule has 2 aromatic carbocycles. The van der Waals surface area contributed by atoms with Crippen LogP contribution in [0.2, 0.25) is 0 Å². The molecule has 3 amide bonds. The average Bonchev–Trinajstić information content (AvgIpc) is 3.00. The van der Waals surface area contributed by atoms with Crippen molar-refractivity contribution in [3.8, 4) is 11.5 Å². The second-order valence-electron chi connectivity index (χ2n) is 6.54. The van der Waals surface area contributed by atoms with E-state index in [2.05, 4.69) is 5.32 Å². The number of nitrogens with one attached hydrogen (secondary N) is 1. The predicted molar refractivity (Wildman–Crippen MR) is 139 cm³/mol. The molecule has 2 aromatic rings. The number of rotatable bonds is 8. The fourth-order valence-electron chi connectivity index (χ4n) is 2.74. The number of aliphatic carboxylic acids is 1. The number of benzene rings is 2. The van der Waals surface area contributed by atoms with Gasteiger partial charge in [0, 0.05) is 5.69 Å². The van der Waals surface area contributed by atoms with Gasteiger partial charge in [0.25, 0.3) is 11.1 Å². The van der Waals surface area contributed by atoms with E-state index in [9.17, 15) is 19.2 Å². The monoisotopic (exact) mass is 694 g/mol. The Morgan fingerprint density at radius 3 is 2.36 bits per heavy atom. The van der Waals surface area contributed by atoms with Crippen LogP contribution in [0.3, 0.4) is 0 Å². The zero-order valence-corrected chi connectivity index (χ0v) is 22.1. The molecule has 0 aliphatic carbocycles. The summed E-state index contributed by atoms with van der Waals surface area (Å²) in [4.78, 5) is 49.2. The van der Waals surface area contributed by atoms with Crippen molar-refractivity contribution in [2.24, 2.45) is 0 Å². The number of thioether (sulfide) groups is 1. The summed E-state index contributed by atoms with van der Waals surface area (Å²) in [5.41, 5.74) is 1.15. The number of hydrogen-bond acceptors (Lipinski definition) is 7. The molecule has 0 aromatic heterocycles. The van der Waals surface area contributed by atoms with Crippen LogP contribution in [0.1, 0.15) is 5.56 Å². The molecule has 0 unspecified atom stereocenters. The molecule has 1 saturated heterocycles. The maximum atomic E-state index is 12.7. The molecule has 0 saturated carbocycles. The average molecular weight is 694 g/mol. The van der Waals surface area contributed by atoms with Gasteiger partial charge in [0.05, 0.1) is 19.2 Å². The first-order valence-electron chi connectivity index (χ1n) is 9.21. The van der Waals surface area contributed by atoms with E-state index in [1.807, 2.05) is 45.2 Å². The molecule has 0 bridgehead atoms. The number of carboxylic acids is 1. The topological polar surface area (TPSA) is 122 Å². The number of nitrogens with zero attached hydrogens (tertiary/aromatic N) is 1. The van der Waals surface area contributed by atoms with Gasteiger partial charge in [0.15, 0.2) is 6.61 Å². The van der Waals surface area contributed by atoms with Crippen LogP contribution in [-0.2, 0) is 14.4 Å². The summed E-state index contributed by atoms with van der Waals surface area (Å²) in [6, 6.07) is 10.1. The van der Waals surface area contributed by atoms with Crippen LogP contribution in [0.5, 0.6) is 11.5 Å². The van der Waals surface area contributed by atoms with E-state index in [1.54, 1.807) is 42.5 Å². The summed E-state index contributed by atoms with van der Waals surface area (Å²) in [7, 11) is 1.53. The Balaban J connectivity index is 1.70. The molecule has 0 atom stereocenters. The maximum absolute atomic E-state index is 12.7. The molecule has 1 aliphatic heterocycles.